The molecule has 3 heteroatoms. The molecule has 0 heterocycles. The van der Waals surface area contributed by atoms with Crippen molar-refractivity contribution in [3.8, 4) is 5.75 Å². The lowest BCUT2D eigenvalue weighted by Gasteiger charge is -2.35. The molecule has 20 heavy (non-hydrogen) atoms. The smallest absolute Gasteiger partial charge is 0.119 e. The van der Waals surface area contributed by atoms with Gasteiger partial charge in [-0.05, 0) is 37.9 Å². The highest BCUT2D eigenvalue weighted by molar-refractivity contribution is 5.20. The minimum atomic E-state index is 0.137. The summed E-state index contributed by atoms with van der Waals surface area (Å²) in [4.78, 5) is 0. The second-order valence-electron chi connectivity index (χ2n) is 5.91. The van der Waals surface area contributed by atoms with Crippen LogP contribution in [-0.2, 0) is 0 Å². The molecule has 112 valence electrons. The SMILES string of the molecule is OCC1(CNCCCOc2ccccc2)CCCCC1. The molecular formula is C17H27NO2. The van der Waals surface area contributed by atoms with Gasteiger partial charge in [0.05, 0.1) is 6.61 Å². The van der Waals surface area contributed by atoms with E-state index in [1.807, 2.05) is 30.3 Å². The summed E-state index contributed by atoms with van der Waals surface area (Å²) in [5.41, 5.74) is 0.137. The standard InChI is InChI=1S/C17H27NO2/c19-15-17(10-5-2-6-11-17)14-18-12-7-13-20-16-8-3-1-4-9-16/h1,3-4,8-9,18-19H,2,5-7,10-15H2. The van der Waals surface area contributed by atoms with Crippen LogP contribution in [0.25, 0.3) is 0 Å². The van der Waals surface area contributed by atoms with Crippen molar-refractivity contribution in [3.05, 3.63) is 30.3 Å². The predicted octanol–water partition coefficient (Wildman–Crippen LogP) is 2.99. The molecule has 0 saturated heterocycles. The highest BCUT2D eigenvalue weighted by atomic mass is 16.5. The summed E-state index contributed by atoms with van der Waals surface area (Å²) in [5, 5.41) is 13.1. The molecule has 1 aromatic carbocycles. The molecular weight excluding hydrogens is 250 g/mol. The second kappa shape index (κ2) is 8.28. The summed E-state index contributed by atoms with van der Waals surface area (Å²) in [6.07, 6.45) is 7.18. The Morgan fingerprint density at radius 1 is 1.10 bits per heavy atom. The van der Waals surface area contributed by atoms with Crippen molar-refractivity contribution in [2.75, 3.05) is 26.3 Å². The van der Waals surface area contributed by atoms with E-state index in [0.29, 0.717) is 6.61 Å². The normalized spacial score (nSPS) is 17.9. The van der Waals surface area contributed by atoms with Crippen molar-refractivity contribution in [2.45, 2.75) is 38.5 Å². The predicted molar refractivity (Wildman–Crippen MR) is 82.0 cm³/mol. The van der Waals surface area contributed by atoms with E-state index in [2.05, 4.69) is 5.32 Å². The number of benzene rings is 1. The van der Waals surface area contributed by atoms with Crippen LogP contribution in [0.15, 0.2) is 30.3 Å². The van der Waals surface area contributed by atoms with E-state index >= 15 is 0 Å². The van der Waals surface area contributed by atoms with Crippen LogP contribution in [-0.4, -0.2) is 31.4 Å². The van der Waals surface area contributed by atoms with Gasteiger partial charge in [0.25, 0.3) is 0 Å². The van der Waals surface area contributed by atoms with Crippen LogP contribution >= 0.6 is 0 Å². The number of hydrogen-bond donors (Lipinski definition) is 2. The summed E-state index contributed by atoms with van der Waals surface area (Å²) in [7, 11) is 0. The van der Waals surface area contributed by atoms with Gasteiger partial charge >= 0.3 is 0 Å². The maximum absolute atomic E-state index is 9.63. The molecule has 2 N–H and O–H groups in total. The maximum atomic E-state index is 9.63. The zero-order valence-corrected chi connectivity index (χ0v) is 12.3. The van der Waals surface area contributed by atoms with Crippen molar-refractivity contribution >= 4 is 0 Å². The number of aliphatic hydroxyl groups is 1. The topological polar surface area (TPSA) is 41.5 Å². The van der Waals surface area contributed by atoms with Gasteiger partial charge in [0, 0.05) is 18.6 Å². The monoisotopic (exact) mass is 277 g/mol. The quantitative estimate of drug-likeness (QED) is 0.718. The third-order valence-corrected chi connectivity index (χ3v) is 4.26. The molecule has 1 aliphatic carbocycles. The molecule has 1 aliphatic rings. The minimum absolute atomic E-state index is 0.137. The van der Waals surface area contributed by atoms with E-state index < -0.39 is 0 Å². The molecule has 0 amide bonds. The average Bonchev–Trinajstić information content (AvgIpc) is 2.53. The molecule has 3 nitrogen and oxygen atoms in total. The van der Waals surface area contributed by atoms with E-state index in [1.165, 1.54) is 19.3 Å². The molecule has 1 saturated carbocycles. The largest absolute Gasteiger partial charge is 0.494 e. The van der Waals surface area contributed by atoms with Gasteiger partial charge in [-0.1, -0.05) is 37.5 Å². The van der Waals surface area contributed by atoms with Gasteiger partial charge in [-0.15, -0.1) is 0 Å². The molecule has 2 rings (SSSR count). The Labute approximate surface area is 122 Å². The lowest BCUT2D eigenvalue weighted by atomic mass is 9.74. The highest BCUT2D eigenvalue weighted by Gasteiger charge is 2.30. The van der Waals surface area contributed by atoms with Crippen LogP contribution in [0, 0.1) is 5.41 Å². The van der Waals surface area contributed by atoms with Gasteiger partial charge in [0.2, 0.25) is 0 Å². The Morgan fingerprint density at radius 2 is 1.85 bits per heavy atom. The second-order valence-corrected chi connectivity index (χ2v) is 5.91. The number of aliphatic hydroxyl groups excluding tert-OH is 1. The third kappa shape index (κ3) is 4.80. The van der Waals surface area contributed by atoms with E-state index in [-0.39, 0.29) is 5.41 Å². The van der Waals surface area contributed by atoms with Crippen LogP contribution in [0.2, 0.25) is 0 Å². The summed E-state index contributed by atoms with van der Waals surface area (Å²) in [6.45, 7) is 2.95. The number of ether oxygens (including phenoxy) is 1. The molecule has 0 bridgehead atoms. The fourth-order valence-corrected chi connectivity index (χ4v) is 2.95. The fourth-order valence-electron chi connectivity index (χ4n) is 2.95. The van der Waals surface area contributed by atoms with E-state index in [4.69, 9.17) is 4.74 Å². The van der Waals surface area contributed by atoms with Crippen molar-refractivity contribution < 1.29 is 9.84 Å². The number of rotatable bonds is 8. The van der Waals surface area contributed by atoms with Crippen molar-refractivity contribution in [2.24, 2.45) is 5.41 Å². The first kappa shape index (κ1) is 15.3. The summed E-state index contributed by atoms with van der Waals surface area (Å²) in [5.74, 6) is 0.937. The van der Waals surface area contributed by atoms with Crippen molar-refractivity contribution in [1.82, 2.24) is 5.32 Å². The van der Waals surface area contributed by atoms with E-state index in [9.17, 15) is 5.11 Å². The van der Waals surface area contributed by atoms with Gasteiger partial charge in [0.15, 0.2) is 0 Å². The van der Waals surface area contributed by atoms with E-state index in [1.54, 1.807) is 0 Å². The summed E-state index contributed by atoms with van der Waals surface area (Å²) >= 11 is 0. The fraction of sp³-hybridized carbons (Fsp3) is 0.647. The lowest BCUT2D eigenvalue weighted by Crippen LogP contribution is -2.39. The molecule has 1 aromatic rings. The van der Waals surface area contributed by atoms with Crippen LogP contribution in [0.5, 0.6) is 5.75 Å². The Kier molecular flexibility index (Phi) is 6.34. The molecule has 1 fully saturated rings. The van der Waals surface area contributed by atoms with Gasteiger partial charge in [0.1, 0.15) is 5.75 Å². The van der Waals surface area contributed by atoms with Gasteiger partial charge in [-0.25, -0.2) is 0 Å². The molecule has 0 aromatic heterocycles. The first-order valence-corrected chi connectivity index (χ1v) is 7.84. The first-order chi connectivity index (χ1) is 9.85. The van der Waals surface area contributed by atoms with Gasteiger partial charge in [-0.2, -0.15) is 0 Å². The average molecular weight is 277 g/mol. The number of hydrogen-bond acceptors (Lipinski definition) is 3. The van der Waals surface area contributed by atoms with Gasteiger partial charge < -0.3 is 15.2 Å². The Balaban J connectivity index is 1.57. The summed E-state index contributed by atoms with van der Waals surface area (Å²) in [6, 6.07) is 9.93. The Hall–Kier alpha value is -1.06. The molecule has 0 radical (unpaired) electrons. The molecule has 0 unspecified atom stereocenters. The van der Waals surface area contributed by atoms with Crippen molar-refractivity contribution in [1.29, 1.82) is 0 Å². The molecule has 0 atom stereocenters. The summed E-state index contributed by atoms with van der Waals surface area (Å²) < 4.78 is 5.66. The van der Waals surface area contributed by atoms with Crippen LogP contribution in [0.1, 0.15) is 38.5 Å². The van der Waals surface area contributed by atoms with E-state index in [0.717, 1.165) is 44.7 Å². The minimum Gasteiger partial charge on any atom is -0.494 e. The lowest BCUT2D eigenvalue weighted by molar-refractivity contribution is 0.0812. The van der Waals surface area contributed by atoms with Crippen molar-refractivity contribution in [3.63, 3.8) is 0 Å². The first-order valence-electron chi connectivity index (χ1n) is 7.84. The number of para-hydroxylation sites is 1. The zero-order valence-electron chi connectivity index (χ0n) is 12.3. The number of nitrogens with one attached hydrogen (secondary N) is 1. The van der Waals surface area contributed by atoms with Crippen LogP contribution in [0.3, 0.4) is 0 Å². The highest BCUT2D eigenvalue weighted by Crippen LogP contribution is 2.35. The van der Waals surface area contributed by atoms with Gasteiger partial charge in [-0.3, -0.25) is 0 Å². The van der Waals surface area contributed by atoms with Crippen LogP contribution in [0.4, 0.5) is 0 Å². The zero-order chi connectivity index (χ0) is 14.1. The molecule has 0 spiro atoms. The molecule has 0 aliphatic heterocycles. The Bertz CT molecular complexity index is 361. The van der Waals surface area contributed by atoms with Crippen LogP contribution < -0.4 is 10.1 Å². The third-order valence-electron chi connectivity index (χ3n) is 4.26. The Morgan fingerprint density at radius 3 is 2.55 bits per heavy atom. The maximum Gasteiger partial charge on any atom is 0.119 e.